The summed E-state index contributed by atoms with van der Waals surface area (Å²) >= 11 is 1.62. The van der Waals surface area contributed by atoms with Crippen LogP contribution in [0.3, 0.4) is 0 Å². The molecule has 0 amide bonds. The topological polar surface area (TPSA) is 69.5 Å². The predicted molar refractivity (Wildman–Crippen MR) is 115 cm³/mol. The minimum Gasteiger partial charge on any atom is -0.395 e. The fraction of sp³-hybridized carbons (Fsp3) is 0.182. The third kappa shape index (κ3) is 3.75. The summed E-state index contributed by atoms with van der Waals surface area (Å²) in [6, 6.07) is 22.2. The molecule has 5 nitrogen and oxygen atoms in total. The van der Waals surface area contributed by atoms with E-state index in [1.807, 2.05) is 53.4 Å². The van der Waals surface area contributed by atoms with Crippen molar-refractivity contribution < 1.29 is 10.2 Å². The normalized spacial score (nSPS) is 11.1. The van der Waals surface area contributed by atoms with Crippen LogP contribution in [0.4, 0.5) is 5.82 Å². The second-order valence-electron chi connectivity index (χ2n) is 6.37. The minimum absolute atomic E-state index is 0.0121. The number of hydrogen-bond donors (Lipinski definition) is 2. The van der Waals surface area contributed by atoms with Gasteiger partial charge in [0.15, 0.2) is 5.82 Å². The molecule has 0 saturated heterocycles. The highest BCUT2D eigenvalue weighted by atomic mass is 32.1. The largest absolute Gasteiger partial charge is 0.395 e. The maximum atomic E-state index is 9.50. The Morgan fingerprint density at radius 1 is 0.786 bits per heavy atom. The molecule has 0 unspecified atom stereocenters. The van der Waals surface area contributed by atoms with Crippen LogP contribution in [-0.2, 0) is 0 Å². The molecule has 0 bridgehead atoms. The number of thiophene rings is 1. The predicted octanol–water partition coefficient (Wildman–Crippen LogP) is 3.82. The number of hydrogen-bond acceptors (Lipinski definition) is 6. The summed E-state index contributed by atoms with van der Waals surface area (Å²) in [4.78, 5) is 13.5. The standard InChI is InChI=1S/C22H21N3O2S/c26-13-11-25(12-14-27)21-18-15-19(16-7-3-1-4-8-16)28-22(18)24-20(23-21)17-9-5-2-6-10-17/h1-10,15,26-27H,11-14H2. The molecule has 4 rings (SSSR count). The third-order valence-corrected chi connectivity index (χ3v) is 5.58. The molecule has 142 valence electrons. The Morgan fingerprint density at radius 3 is 2.00 bits per heavy atom. The molecule has 28 heavy (non-hydrogen) atoms. The van der Waals surface area contributed by atoms with Gasteiger partial charge >= 0.3 is 0 Å². The third-order valence-electron chi connectivity index (χ3n) is 4.50. The fourth-order valence-electron chi connectivity index (χ4n) is 3.17. The van der Waals surface area contributed by atoms with E-state index < -0.39 is 0 Å². The number of anilines is 1. The van der Waals surface area contributed by atoms with E-state index in [0.29, 0.717) is 18.9 Å². The van der Waals surface area contributed by atoms with Crippen LogP contribution in [0.2, 0.25) is 0 Å². The van der Waals surface area contributed by atoms with Crippen molar-refractivity contribution in [2.75, 3.05) is 31.2 Å². The summed E-state index contributed by atoms with van der Waals surface area (Å²) in [5.74, 6) is 1.39. The van der Waals surface area contributed by atoms with Gasteiger partial charge in [-0.05, 0) is 11.6 Å². The molecule has 0 saturated carbocycles. The molecule has 0 aliphatic heterocycles. The Balaban J connectivity index is 1.91. The van der Waals surface area contributed by atoms with Crippen LogP contribution in [0.5, 0.6) is 0 Å². The zero-order chi connectivity index (χ0) is 19.3. The Bertz CT molecular complexity index is 1050. The maximum absolute atomic E-state index is 9.50. The number of fused-ring (bicyclic) bond motifs is 1. The van der Waals surface area contributed by atoms with Gasteiger partial charge in [-0.1, -0.05) is 60.7 Å². The van der Waals surface area contributed by atoms with E-state index in [2.05, 4.69) is 18.2 Å². The summed E-state index contributed by atoms with van der Waals surface area (Å²) < 4.78 is 0. The second-order valence-corrected chi connectivity index (χ2v) is 7.40. The molecule has 0 spiro atoms. The van der Waals surface area contributed by atoms with Gasteiger partial charge in [-0.25, -0.2) is 9.97 Å². The second kappa shape index (κ2) is 8.48. The molecule has 2 aromatic heterocycles. The lowest BCUT2D eigenvalue weighted by Crippen LogP contribution is -2.30. The van der Waals surface area contributed by atoms with Gasteiger partial charge in [-0.3, -0.25) is 0 Å². The Hall–Kier alpha value is -2.80. The molecular weight excluding hydrogens is 370 g/mol. The molecule has 0 atom stereocenters. The van der Waals surface area contributed by atoms with Gasteiger partial charge in [-0.2, -0.15) is 0 Å². The molecule has 0 radical (unpaired) electrons. The Morgan fingerprint density at radius 2 is 1.39 bits per heavy atom. The summed E-state index contributed by atoms with van der Waals surface area (Å²) in [7, 11) is 0. The van der Waals surface area contributed by atoms with Crippen LogP contribution in [-0.4, -0.2) is 46.5 Å². The van der Waals surface area contributed by atoms with Crippen molar-refractivity contribution in [3.05, 3.63) is 66.7 Å². The summed E-state index contributed by atoms with van der Waals surface area (Å²) in [6.45, 7) is 0.776. The van der Waals surface area contributed by atoms with E-state index in [4.69, 9.17) is 9.97 Å². The molecule has 2 N–H and O–H groups in total. The average molecular weight is 391 g/mol. The first-order valence-corrected chi connectivity index (χ1v) is 10.0. The Kier molecular flexibility index (Phi) is 5.62. The first-order valence-electron chi connectivity index (χ1n) is 9.19. The van der Waals surface area contributed by atoms with Gasteiger partial charge < -0.3 is 15.1 Å². The Labute approximate surface area is 167 Å². The van der Waals surface area contributed by atoms with E-state index in [0.717, 1.165) is 32.0 Å². The van der Waals surface area contributed by atoms with Crippen LogP contribution in [0, 0.1) is 0 Å². The van der Waals surface area contributed by atoms with E-state index in [1.165, 1.54) is 0 Å². The lowest BCUT2D eigenvalue weighted by molar-refractivity contribution is 0.281. The molecule has 2 heterocycles. The molecular formula is C22H21N3O2S. The van der Waals surface area contributed by atoms with Crippen molar-refractivity contribution >= 4 is 27.4 Å². The van der Waals surface area contributed by atoms with Crippen molar-refractivity contribution in [1.29, 1.82) is 0 Å². The summed E-state index contributed by atoms with van der Waals surface area (Å²) in [5.41, 5.74) is 2.07. The van der Waals surface area contributed by atoms with Crippen molar-refractivity contribution in [2.24, 2.45) is 0 Å². The molecule has 0 fully saturated rings. The van der Waals surface area contributed by atoms with Crippen LogP contribution in [0.1, 0.15) is 0 Å². The number of benzene rings is 2. The lowest BCUT2D eigenvalue weighted by atomic mass is 10.1. The van der Waals surface area contributed by atoms with Crippen molar-refractivity contribution in [3.8, 4) is 21.8 Å². The minimum atomic E-state index is -0.0121. The SMILES string of the molecule is OCCN(CCO)c1nc(-c2ccccc2)nc2sc(-c3ccccc3)cc12. The van der Waals surface area contributed by atoms with E-state index >= 15 is 0 Å². The van der Waals surface area contributed by atoms with Crippen molar-refractivity contribution in [2.45, 2.75) is 0 Å². The van der Waals surface area contributed by atoms with Gasteiger partial charge in [0, 0.05) is 23.5 Å². The van der Waals surface area contributed by atoms with E-state index in [9.17, 15) is 10.2 Å². The first kappa shape index (κ1) is 18.6. The van der Waals surface area contributed by atoms with Crippen LogP contribution >= 0.6 is 11.3 Å². The number of aliphatic hydroxyl groups is 2. The molecule has 6 heteroatoms. The zero-order valence-electron chi connectivity index (χ0n) is 15.3. The first-order chi connectivity index (χ1) is 13.8. The van der Waals surface area contributed by atoms with Gasteiger partial charge in [0.25, 0.3) is 0 Å². The van der Waals surface area contributed by atoms with E-state index in [1.54, 1.807) is 11.3 Å². The lowest BCUT2D eigenvalue weighted by Gasteiger charge is -2.23. The van der Waals surface area contributed by atoms with Gasteiger partial charge in [-0.15, -0.1) is 11.3 Å². The van der Waals surface area contributed by atoms with Crippen molar-refractivity contribution in [3.63, 3.8) is 0 Å². The summed E-state index contributed by atoms with van der Waals surface area (Å²) in [6.07, 6.45) is 0. The van der Waals surface area contributed by atoms with E-state index in [-0.39, 0.29) is 13.2 Å². The van der Waals surface area contributed by atoms with Crippen LogP contribution < -0.4 is 4.90 Å². The maximum Gasteiger partial charge on any atom is 0.163 e. The number of aliphatic hydroxyl groups excluding tert-OH is 2. The highest BCUT2D eigenvalue weighted by Crippen LogP contribution is 2.37. The highest BCUT2D eigenvalue weighted by molar-refractivity contribution is 7.22. The summed E-state index contributed by atoms with van der Waals surface area (Å²) in [5, 5.41) is 19.9. The zero-order valence-corrected chi connectivity index (χ0v) is 16.1. The van der Waals surface area contributed by atoms with Gasteiger partial charge in [0.1, 0.15) is 10.6 Å². The average Bonchev–Trinajstić information content (AvgIpc) is 3.18. The van der Waals surface area contributed by atoms with Crippen molar-refractivity contribution in [1.82, 2.24) is 9.97 Å². The fourth-order valence-corrected chi connectivity index (χ4v) is 4.20. The molecule has 4 aromatic rings. The molecule has 2 aromatic carbocycles. The quantitative estimate of drug-likeness (QED) is 0.501. The van der Waals surface area contributed by atoms with Crippen LogP contribution in [0.25, 0.3) is 32.0 Å². The molecule has 0 aliphatic carbocycles. The molecule has 0 aliphatic rings. The highest BCUT2D eigenvalue weighted by Gasteiger charge is 2.18. The number of nitrogens with zero attached hydrogens (tertiary/aromatic N) is 3. The smallest absolute Gasteiger partial charge is 0.163 e. The number of aromatic nitrogens is 2. The van der Waals surface area contributed by atoms with Gasteiger partial charge in [0.05, 0.1) is 18.6 Å². The van der Waals surface area contributed by atoms with Gasteiger partial charge in [0.2, 0.25) is 0 Å². The van der Waals surface area contributed by atoms with Crippen LogP contribution in [0.15, 0.2) is 66.7 Å². The monoisotopic (exact) mass is 391 g/mol. The number of rotatable bonds is 7.